The van der Waals surface area contributed by atoms with Crippen LogP contribution in [-0.4, -0.2) is 29.7 Å². The summed E-state index contributed by atoms with van der Waals surface area (Å²) < 4.78 is 13.2. The van der Waals surface area contributed by atoms with Gasteiger partial charge in [0.25, 0.3) is 0 Å². The van der Waals surface area contributed by atoms with Crippen LogP contribution in [0.5, 0.6) is 0 Å². The van der Waals surface area contributed by atoms with Crippen molar-refractivity contribution in [3.63, 3.8) is 0 Å². The molecule has 27 heavy (non-hydrogen) atoms. The molecule has 1 aliphatic carbocycles. The molecule has 1 saturated carbocycles. The minimum atomic E-state index is -0.691. The summed E-state index contributed by atoms with van der Waals surface area (Å²) in [6.45, 7) is 2.16. The molecule has 0 radical (unpaired) electrons. The molecule has 0 aromatic heterocycles. The molecule has 0 spiro atoms. The Bertz CT molecular complexity index is 742. The van der Waals surface area contributed by atoms with Gasteiger partial charge in [0.2, 0.25) is 0 Å². The highest BCUT2D eigenvalue weighted by atomic mass is 19.1. The van der Waals surface area contributed by atoms with Crippen molar-refractivity contribution in [3.05, 3.63) is 71.0 Å². The van der Waals surface area contributed by atoms with Gasteiger partial charge in [-0.1, -0.05) is 49.2 Å². The Morgan fingerprint density at radius 3 is 2.48 bits per heavy atom. The molecule has 2 aromatic rings. The maximum absolute atomic E-state index is 13.2. The summed E-state index contributed by atoms with van der Waals surface area (Å²) >= 11 is 0. The van der Waals surface area contributed by atoms with E-state index in [1.165, 1.54) is 29.7 Å². The van der Waals surface area contributed by atoms with Gasteiger partial charge < -0.3 is 10.0 Å². The molecule has 0 bridgehead atoms. The molecule has 0 heterocycles. The Labute approximate surface area is 163 Å². The Kier molecular flexibility index (Phi) is 6.33. The van der Waals surface area contributed by atoms with E-state index in [1.54, 1.807) is 0 Å². The van der Waals surface area contributed by atoms with Crippen molar-refractivity contribution in [3.8, 4) is 0 Å². The van der Waals surface area contributed by atoms with Crippen LogP contribution in [-0.2, 0) is 6.42 Å². The largest absolute Gasteiger partial charge is 0.390 e. The average molecular weight is 370 g/mol. The number of hydrogen-bond acceptors (Lipinski definition) is 2. The molecule has 0 aliphatic heterocycles. The molecule has 146 valence electrons. The number of halogens is 1. The molecule has 1 aliphatic rings. The van der Waals surface area contributed by atoms with Crippen LogP contribution in [0.1, 0.15) is 54.8 Å². The highest BCUT2D eigenvalue weighted by molar-refractivity contribution is 5.30. The van der Waals surface area contributed by atoms with Crippen LogP contribution in [0.3, 0.4) is 0 Å². The van der Waals surface area contributed by atoms with Crippen molar-refractivity contribution in [1.29, 1.82) is 0 Å². The summed E-state index contributed by atoms with van der Waals surface area (Å²) in [6, 6.07) is 15.4. The second-order valence-corrected chi connectivity index (χ2v) is 8.35. The topological polar surface area (TPSA) is 23.5 Å². The van der Waals surface area contributed by atoms with Gasteiger partial charge in [0, 0.05) is 12.0 Å². The fourth-order valence-electron chi connectivity index (χ4n) is 4.80. The predicted octanol–water partition coefficient (Wildman–Crippen LogP) is 5.29. The van der Waals surface area contributed by atoms with Crippen LogP contribution < -0.4 is 0 Å². The minimum Gasteiger partial charge on any atom is -0.390 e. The van der Waals surface area contributed by atoms with Gasteiger partial charge in [0.05, 0.1) is 5.60 Å². The third-order valence-corrected chi connectivity index (χ3v) is 6.27. The summed E-state index contributed by atoms with van der Waals surface area (Å²) in [4.78, 5) is 2.27. The van der Waals surface area contributed by atoms with Crippen LogP contribution in [0.25, 0.3) is 0 Å². The van der Waals surface area contributed by atoms with Gasteiger partial charge in [0.1, 0.15) is 5.82 Å². The zero-order valence-electron chi connectivity index (χ0n) is 16.8. The number of rotatable bonds is 6. The smallest absolute Gasteiger partial charge is 0.123 e. The quantitative estimate of drug-likeness (QED) is 0.748. The summed E-state index contributed by atoms with van der Waals surface area (Å²) in [5.74, 6) is -0.0111. The van der Waals surface area contributed by atoms with Crippen molar-refractivity contribution in [2.24, 2.45) is 5.92 Å². The number of aryl methyl sites for hydroxylation is 2. The van der Waals surface area contributed by atoms with E-state index in [2.05, 4.69) is 50.2 Å². The van der Waals surface area contributed by atoms with Gasteiger partial charge >= 0.3 is 0 Å². The highest BCUT2D eigenvalue weighted by Gasteiger charge is 2.44. The summed E-state index contributed by atoms with van der Waals surface area (Å²) in [5.41, 5.74) is 2.99. The van der Waals surface area contributed by atoms with Crippen LogP contribution in [0.15, 0.2) is 48.5 Å². The molecule has 3 atom stereocenters. The molecular weight excluding hydrogens is 337 g/mol. The van der Waals surface area contributed by atoms with Gasteiger partial charge in [0.15, 0.2) is 0 Å². The van der Waals surface area contributed by atoms with E-state index in [4.69, 9.17) is 0 Å². The van der Waals surface area contributed by atoms with Crippen LogP contribution in [0.4, 0.5) is 4.39 Å². The van der Waals surface area contributed by atoms with E-state index in [0.717, 1.165) is 37.7 Å². The molecular formula is C24H32FNO. The number of aliphatic hydroxyl groups is 1. The van der Waals surface area contributed by atoms with E-state index < -0.39 is 5.60 Å². The molecule has 1 fully saturated rings. The standard InChI is InChI=1S/C24H32FNO/c1-18-8-4-5-9-21(18)23(26(2)3)22-10-6-7-16-24(22,27)17-15-19-11-13-20(25)14-12-19/h4-5,8-9,11-14,22-23,27H,6-7,10,15-17H2,1-3H3. The monoisotopic (exact) mass is 369 g/mol. The lowest BCUT2D eigenvalue weighted by Crippen LogP contribution is -2.47. The Hall–Kier alpha value is -1.71. The van der Waals surface area contributed by atoms with E-state index >= 15 is 0 Å². The Morgan fingerprint density at radius 2 is 1.81 bits per heavy atom. The third-order valence-electron chi connectivity index (χ3n) is 6.27. The molecule has 0 saturated heterocycles. The predicted molar refractivity (Wildman–Crippen MR) is 109 cm³/mol. The third kappa shape index (κ3) is 4.59. The Balaban J connectivity index is 1.85. The lowest BCUT2D eigenvalue weighted by molar-refractivity contribution is -0.0829. The van der Waals surface area contributed by atoms with Crippen molar-refractivity contribution < 1.29 is 9.50 Å². The normalized spacial score (nSPS) is 24.1. The lowest BCUT2D eigenvalue weighted by atomic mass is 9.67. The molecule has 2 nitrogen and oxygen atoms in total. The van der Waals surface area contributed by atoms with E-state index in [9.17, 15) is 9.50 Å². The maximum Gasteiger partial charge on any atom is 0.123 e. The van der Waals surface area contributed by atoms with E-state index in [-0.39, 0.29) is 17.8 Å². The summed E-state index contributed by atoms with van der Waals surface area (Å²) in [7, 11) is 4.23. The molecule has 3 rings (SSSR count). The fourth-order valence-corrected chi connectivity index (χ4v) is 4.80. The second kappa shape index (κ2) is 8.53. The SMILES string of the molecule is Cc1ccccc1C(C1CCCCC1(O)CCc1ccc(F)cc1)N(C)C. The number of nitrogens with zero attached hydrogens (tertiary/aromatic N) is 1. The minimum absolute atomic E-state index is 0.197. The highest BCUT2D eigenvalue weighted by Crippen LogP contribution is 2.46. The maximum atomic E-state index is 13.2. The van der Waals surface area contributed by atoms with Gasteiger partial charge in [-0.05, 0) is 75.5 Å². The van der Waals surface area contributed by atoms with Crippen molar-refractivity contribution >= 4 is 0 Å². The van der Waals surface area contributed by atoms with Gasteiger partial charge in [-0.15, -0.1) is 0 Å². The Morgan fingerprint density at radius 1 is 1.11 bits per heavy atom. The number of benzene rings is 2. The fraction of sp³-hybridized carbons (Fsp3) is 0.500. The number of hydrogen-bond donors (Lipinski definition) is 1. The van der Waals surface area contributed by atoms with Crippen LogP contribution in [0, 0.1) is 18.7 Å². The average Bonchev–Trinajstić information content (AvgIpc) is 2.64. The molecule has 2 aromatic carbocycles. The zero-order valence-corrected chi connectivity index (χ0v) is 16.8. The first kappa shape index (κ1) is 20.0. The van der Waals surface area contributed by atoms with E-state index in [0.29, 0.717) is 0 Å². The molecule has 0 amide bonds. The van der Waals surface area contributed by atoms with Crippen LogP contribution >= 0.6 is 0 Å². The van der Waals surface area contributed by atoms with Gasteiger partial charge in [-0.2, -0.15) is 0 Å². The van der Waals surface area contributed by atoms with Crippen LogP contribution in [0.2, 0.25) is 0 Å². The first-order chi connectivity index (χ1) is 12.9. The summed E-state index contributed by atoms with van der Waals surface area (Å²) in [5, 5.41) is 11.7. The van der Waals surface area contributed by atoms with Gasteiger partial charge in [-0.3, -0.25) is 0 Å². The molecule has 3 heteroatoms. The van der Waals surface area contributed by atoms with Crippen molar-refractivity contribution in [1.82, 2.24) is 4.90 Å². The zero-order chi connectivity index (χ0) is 19.4. The van der Waals surface area contributed by atoms with Crippen molar-refractivity contribution in [2.75, 3.05) is 14.1 Å². The first-order valence-electron chi connectivity index (χ1n) is 10.1. The summed E-state index contributed by atoms with van der Waals surface area (Å²) in [6.07, 6.45) is 5.62. The molecule has 3 unspecified atom stereocenters. The van der Waals surface area contributed by atoms with Crippen molar-refractivity contribution in [2.45, 2.75) is 57.1 Å². The first-order valence-corrected chi connectivity index (χ1v) is 10.1. The van der Waals surface area contributed by atoms with Gasteiger partial charge in [-0.25, -0.2) is 4.39 Å². The second-order valence-electron chi connectivity index (χ2n) is 8.35. The van der Waals surface area contributed by atoms with E-state index in [1.807, 2.05) is 12.1 Å². The molecule has 1 N–H and O–H groups in total. The lowest BCUT2D eigenvalue weighted by Gasteiger charge is -2.47.